The molecule has 1 aliphatic rings. The first-order chi connectivity index (χ1) is 15.2. The van der Waals surface area contributed by atoms with Crippen LogP contribution in [0.5, 0.6) is 0 Å². The maximum Gasteiger partial charge on any atom is 0.232 e. The number of nitrogens with one attached hydrogen (secondary N) is 3. The molecule has 4 aromatic rings. The van der Waals surface area contributed by atoms with Crippen molar-refractivity contribution in [3.05, 3.63) is 78.6 Å². The van der Waals surface area contributed by atoms with E-state index in [0.717, 1.165) is 27.5 Å². The van der Waals surface area contributed by atoms with Crippen molar-refractivity contribution in [3.8, 4) is 22.0 Å². The van der Waals surface area contributed by atoms with Crippen LogP contribution in [0.15, 0.2) is 73.1 Å². The van der Waals surface area contributed by atoms with Crippen molar-refractivity contribution in [1.82, 2.24) is 25.4 Å². The van der Waals surface area contributed by atoms with E-state index < -0.39 is 0 Å². The molecule has 0 aliphatic carbocycles. The van der Waals surface area contributed by atoms with Gasteiger partial charge < -0.3 is 9.88 Å². The van der Waals surface area contributed by atoms with Crippen LogP contribution in [0.2, 0.25) is 0 Å². The van der Waals surface area contributed by atoms with Gasteiger partial charge in [-0.25, -0.2) is 15.4 Å². The second kappa shape index (κ2) is 8.43. The van der Waals surface area contributed by atoms with Gasteiger partial charge in [0, 0.05) is 31.5 Å². The molecule has 0 saturated carbocycles. The summed E-state index contributed by atoms with van der Waals surface area (Å²) in [5, 5.41) is 3.62. The van der Waals surface area contributed by atoms with Gasteiger partial charge in [-0.1, -0.05) is 72.0 Å². The van der Waals surface area contributed by atoms with Crippen molar-refractivity contribution in [3.63, 3.8) is 0 Å². The maximum absolute atomic E-state index is 13.2. The lowest BCUT2D eigenvalue weighted by Crippen LogP contribution is -2.29. The average molecular weight is 431 g/mol. The Morgan fingerprint density at radius 1 is 1.13 bits per heavy atom. The SMILES string of the molecule is Cn1ccnc1-c1sc(NC(=O)C2CNNC2c2ccccc2)nc1-c1ccccc1. The minimum absolute atomic E-state index is 0.0638. The van der Waals surface area contributed by atoms with Crippen LogP contribution < -0.4 is 16.2 Å². The smallest absolute Gasteiger partial charge is 0.232 e. The van der Waals surface area contributed by atoms with Gasteiger partial charge in [-0.15, -0.1) is 0 Å². The highest BCUT2D eigenvalue weighted by Crippen LogP contribution is 2.38. The van der Waals surface area contributed by atoms with Gasteiger partial charge in [-0.3, -0.25) is 10.2 Å². The van der Waals surface area contributed by atoms with Gasteiger partial charge in [-0.2, -0.15) is 0 Å². The standard InChI is InChI=1S/C23H22N6OS/c1-29-13-12-24-21(29)20-19(16-10-6-3-7-11-16)26-23(31-20)27-22(30)17-14-25-28-18(17)15-8-4-2-5-9-15/h2-13,17-18,25,28H,14H2,1H3,(H,26,27,30). The Morgan fingerprint density at radius 2 is 1.87 bits per heavy atom. The van der Waals surface area contributed by atoms with Crippen molar-refractivity contribution in [2.45, 2.75) is 6.04 Å². The first-order valence-electron chi connectivity index (χ1n) is 10.1. The lowest BCUT2D eigenvalue weighted by Gasteiger charge is -2.17. The second-order valence-electron chi connectivity index (χ2n) is 7.43. The second-order valence-corrected chi connectivity index (χ2v) is 8.43. The Hall–Kier alpha value is -3.33. The van der Waals surface area contributed by atoms with E-state index in [2.05, 4.69) is 21.2 Å². The summed E-state index contributed by atoms with van der Waals surface area (Å²) in [6.45, 7) is 0.550. The van der Waals surface area contributed by atoms with E-state index in [9.17, 15) is 4.79 Å². The van der Waals surface area contributed by atoms with Crippen molar-refractivity contribution in [1.29, 1.82) is 0 Å². The number of carbonyl (C=O) groups excluding carboxylic acids is 1. The van der Waals surface area contributed by atoms with Crippen LogP contribution in [0, 0.1) is 5.92 Å². The molecule has 0 spiro atoms. The quantitative estimate of drug-likeness (QED) is 0.450. The van der Waals surface area contributed by atoms with Gasteiger partial charge >= 0.3 is 0 Å². The molecule has 2 aromatic carbocycles. The number of amides is 1. The molecule has 8 heteroatoms. The number of thiazole rings is 1. The summed E-state index contributed by atoms with van der Waals surface area (Å²) in [4.78, 5) is 23.4. The molecule has 156 valence electrons. The van der Waals surface area contributed by atoms with E-state index in [4.69, 9.17) is 4.98 Å². The fourth-order valence-electron chi connectivity index (χ4n) is 3.82. The summed E-state index contributed by atoms with van der Waals surface area (Å²) in [6.07, 6.45) is 3.67. The van der Waals surface area contributed by atoms with Crippen LogP contribution in [0.3, 0.4) is 0 Å². The van der Waals surface area contributed by atoms with Crippen LogP contribution in [0.1, 0.15) is 11.6 Å². The van der Waals surface area contributed by atoms with Gasteiger partial charge in [0.25, 0.3) is 0 Å². The minimum Gasteiger partial charge on any atom is -0.333 e. The third-order valence-electron chi connectivity index (χ3n) is 5.41. The predicted molar refractivity (Wildman–Crippen MR) is 122 cm³/mol. The average Bonchev–Trinajstić information content (AvgIpc) is 3.54. The number of imidazole rings is 1. The maximum atomic E-state index is 13.2. The van der Waals surface area contributed by atoms with E-state index >= 15 is 0 Å². The number of nitrogens with zero attached hydrogens (tertiary/aromatic N) is 3. The molecule has 1 fully saturated rings. The number of carbonyl (C=O) groups is 1. The highest BCUT2D eigenvalue weighted by Gasteiger charge is 2.34. The molecule has 1 saturated heterocycles. The van der Waals surface area contributed by atoms with Crippen molar-refractivity contribution in [2.24, 2.45) is 13.0 Å². The zero-order valence-corrected chi connectivity index (χ0v) is 17.8. The Labute approximate surface area is 184 Å². The van der Waals surface area contributed by atoms with Gasteiger partial charge in [0.15, 0.2) is 11.0 Å². The molecular formula is C23H22N6OS. The fourth-order valence-corrected chi connectivity index (χ4v) is 4.85. The molecule has 3 heterocycles. The highest BCUT2D eigenvalue weighted by atomic mass is 32.1. The molecule has 0 bridgehead atoms. The van der Waals surface area contributed by atoms with Gasteiger partial charge in [0.05, 0.1) is 22.5 Å². The van der Waals surface area contributed by atoms with Gasteiger partial charge in [0.1, 0.15) is 0 Å². The van der Waals surface area contributed by atoms with E-state index in [1.165, 1.54) is 11.3 Å². The molecule has 1 amide bonds. The number of hydrazine groups is 1. The summed E-state index contributed by atoms with van der Waals surface area (Å²) in [6, 6.07) is 19.9. The number of anilines is 1. The lowest BCUT2D eigenvalue weighted by atomic mass is 9.94. The van der Waals surface area contributed by atoms with Crippen LogP contribution in [0.4, 0.5) is 5.13 Å². The zero-order chi connectivity index (χ0) is 21.2. The summed E-state index contributed by atoms with van der Waals surface area (Å²) < 4.78 is 1.96. The normalized spacial score (nSPS) is 18.2. The van der Waals surface area contributed by atoms with Crippen molar-refractivity contribution >= 4 is 22.4 Å². The summed E-state index contributed by atoms with van der Waals surface area (Å²) >= 11 is 1.44. The van der Waals surface area contributed by atoms with Crippen LogP contribution >= 0.6 is 11.3 Å². The third kappa shape index (κ3) is 3.88. The largest absolute Gasteiger partial charge is 0.333 e. The number of rotatable bonds is 5. The molecule has 31 heavy (non-hydrogen) atoms. The molecule has 2 aromatic heterocycles. The molecule has 2 unspecified atom stereocenters. The Balaban J connectivity index is 1.45. The molecule has 2 atom stereocenters. The minimum atomic E-state index is -0.247. The van der Waals surface area contributed by atoms with Gasteiger partial charge in [0.2, 0.25) is 5.91 Å². The lowest BCUT2D eigenvalue weighted by molar-refractivity contribution is -0.119. The van der Waals surface area contributed by atoms with E-state index in [0.29, 0.717) is 11.7 Å². The number of benzene rings is 2. The summed E-state index contributed by atoms with van der Waals surface area (Å²) in [7, 11) is 1.95. The van der Waals surface area contributed by atoms with E-state index in [-0.39, 0.29) is 17.9 Å². The number of aromatic nitrogens is 3. The van der Waals surface area contributed by atoms with Crippen LogP contribution in [-0.4, -0.2) is 27.0 Å². The summed E-state index contributed by atoms with van der Waals surface area (Å²) in [5.41, 5.74) is 9.22. The van der Waals surface area contributed by atoms with Gasteiger partial charge in [-0.05, 0) is 5.56 Å². The molecule has 5 rings (SSSR count). The van der Waals surface area contributed by atoms with E-state index in [1.807, 2.05) is 78.5 Å². The van der Waals surface area contributed by atoms with Crippen LogP contribution in [-0.2, 0) is 11.8 Å². The number of hydrogen-bond donors (Lipinski definition) is 3. The van der Waals surface area contributed by atoms with E-state index in [1.54, 1.807) is 6.20 Å². The third-order valence-corrected chi connectivity index (χ3v) is 6.37. The van der Waals surface area contributed by atoms with Crippen molar-refractivity contribution < 1.29 is 4.79 Å². The first kappa shape index (κ1) is 19.6. The summed E-state index contributed by atoms with van der Waals surface area (Å²) in [5.74, 6) is 0.511. The predicted octanol–water partition coefficient (Wildman–Crippen LogP) is 3.61. The first-order valence-corrected chi connectivity index (χ1v) is 10.9. The van der Waals surface area contributed by atoms with Crippen LogP contribution in [0.25, 0.3) is 22.0 Å². The Kier molecular flexibility index (Phi) is 5.33. The Bertz CT molecular complexity index is 1190. The zero-order valence-electron chi connectivity index (χ0n) is 16.9. The number of hydrogen-bond acceptors (Lipinski definition) is 6. The topological polar surface area (TPSA) is 83.9 Å². The fraction of sp³-hybridized carbons (Fsp3) is 0.174. The number of aryl methyl sites for hydroxylation is 1. The highest BCUT2D eigenvalue weighted by molar-refractivity contribution is 7.19. The Morgan fingerprint density at radius 3 is 2.58 bits per heavy atom. The monoisotopic (exact) mass is 430 g/mol. The molecule has 7 nitrogen and oxygen atoms in total. The van der Waals surface area contributed by atoms with Crippen molar-refractivity contribution in [2.75, 3.05) is 11.9 Å². The molecule has 3 N–H and O–H groups in total. The molecule has 0 radical (unpaired) electrons. The molecule has 1 aliphatic heterocycles. The molecular weight excluding hydrogens is 408 g/mol.